The molecule has 0 unspecified atom stereocenters. The van der Waals surface area contributed by atoms with Crippen LogP contribution in [0.4, 0.5) is 20.3 Å². The van der Waals surface area contributed by atoms with Crippen molar-refractivity contribution in [2.45, 2.75) is 77.9 Å². The summed E-state index contributed by atoms with van der Waals surface area (Å²) in [7, 11) is 0. The summed E-state index contributed by atoms with van der Waals surface area (Å²) in [6.07, 6.45) is 6.04. The molecule has 3 aromatic heterocycles. The molecule has 1 aliphatic carbocycles. The molecule has 1 aliphatic rings. The van der Waals surface area contributed by atoms with Crippen molar-refractivity contribution in [2.75, 3.05) is 17.2 Å². The first-order valence-corrected chi connectivity index (χ1v) is 12.5. The number of hydrogen-bond donors (Lipinski definition) is 3. The fraction of sp³-hybridized carbons (Fsp3) is 0.600. The van der Waals surface area contributed by atoms with E-state index in [1.807, 2.05) is 0 Å². The quantitative estimate of drug-likeness (QED) is 0.363. The van der Waals surface area contributed by atoms with Gasteiger partial charge in [-0.05, 0) is 63.9 Å². The van der Waals surface area contributed by atoms with Crippen LogP contribution in [0.5, 0.6) is 0 Å². The highest BCUT2D eigenvalue weighted by atomic mass is 19.3. The van der Waals surface area contributed by atoms with Crippen LogP contribution in [0.15, 0.2) is 24.7 Å². The van der Waals surface area contributed by atoms with E-state index in [1.54, 1.807) is 30.8 Å². The van der Waals surface area contributed by atoms with E-state index in [1.165, 1.54) is 16.9 Å². The van der Waals surface area contributed by atoms with Crippen LogP contribution in [0, 0.1) is 11.8 Å². The summed E-state index contributed by atoms with van der Waals surface area (Å²) in [5.74, 6) is 1.17. The fourth-order valence-electron chi connectivity index (χ4n) is 4.70. The van der Waals surface area contributed by atoms with Gasteiger partial charge in [-0.2, -0.15) is 10.2 Å². The Bertz CT molecular complexity index is 1200. The summed E-state index contributed by atoms with van der Waals surface area (Å²) >= 11 is 0. The summed E-state index contributed by atoms with van der Waals surface area (Å²) in [5, 5.41) is 23.9. The SMILES string of the molecule is CC(C)C1CCC(n2cc(NC(=O)c3cnn4ccc(NCCC(C)(C)O)nc34)c(C(F)F)n2)CC1.[HH]. The van der Waals surface area contributed by atoms with Crippen molar-refractivity contribution in [3.8, 4) is 0 Å². The lowest BCUT2D eigenvalue weighted by atomic mass is 9.80. The van der Waals surface area contributed by atoms with Gasteiger partial charge in [-0.1, -0.05) is 13.8 Å². The summed E-state index contributed by atoms with van der Waals surface area (Å²) < 4.78 is 30.6. The highest BCUT2D eigenvalue weighted by Gasteiger charge is 2.28. The minimum atomic E-state index is -2.82. The maximum atomic E-state index is 13.8. The average Bonchev–Trinajstić information content (AvgIpc) is 3.42. The topological polar surface area (TPSA) is 109 Å². The summed E-state index contributed by atoms with van der Waals surface area (Å²) in [5.41, 5.74) is -0.808. The molecular weight excluding hydrogens is 468 g/mol. The monoisotopic (exact) mass is 505 g/mol. The second-order valence-electron chi connectivity index (χ2n) is 10.6. The van der Waals surface area contributed by atoms with Crippen molar-refractivity contribution < 1.29 is 20.1 Å². The third kappa shape index (κ3) is 6.00. The van der Waals surface area contributed by atoms with Crippen molar-refractivity contribution in [2.24, 2.45) is 11.8 Å². The zero-order chi connectivity index (χ0) is 26.0. The Balaban J connectivity index is 0.00000380. The lowest BCUT2D eigenvalue weighted by Crippen LogP contribution is -2.23. The van der Waals surface area contributed by atoms with Crippen molar-refractivity contribution >= 4 is 23.1 Å². The summed E-state index contributed by atoms with van der Waals surface area (Å²) in [6.45, 7) is 8.35. The molecule has 11 heteroatoms. The number of anilines is 2. The number of alkyl halides is 2. The number of carbonyl (C=O) groups is 1. The molecule has 9 nitrogen and oxygen atoms in total. The third-order valence-corrected chi connectivity index (χ3v) is 6.93. The molecule has 0 atom stereocenters. The van der Waals surface area contributed by atoms with Gasteiger partial charge < -0.3 is 15.7 Å². The predicted octanol–water partition coefficient (Wildman–Crippen LogP) is 5.32. The zero-order valence-corrected chi connectivity index (χ0v) is 21.2. The van der Waals surface area contributed by atoms with Crippen LogP contribution in [0.3, 0.4) is 0 Å². The number of fused-ring (bicyclic) bond motifs is 1. The number of aromatic nitrogens is 5. The van der Waals surface area contributed by atoms with E-state index in [9.17, 15) is 18.7 Å². The van der Waals surface area contributed by atoms with E-state index < -0.39 is 23.6 Å². The van der Waals surface area contributed by atoms with Crippen LogP contribution in [-0.2, 0) is 0 Å². The molecule has 36 heavy (non-hydrogen) atoms. The zero-order valence-electron chi connectivity index (χ0n) is 21.2. The number of amides is 1. The Labute approximate surface area is 210 Å². The Kier molecular flexibility index (Phi) is 7.58. The van der Waals surface area contributed by atoms with Crippen molar-refractivity contribution in [3.63, 3.8) is 0 Å². The second kappa shape index (κ2) is 10.5. The molecule has 0 spiro atoms. The van der Waals surface area contributed by atoms with Gasteiger partial charge >= 0.3 is 0 Å². The molecule has 1 amide bonds. The molecule has 0 saturated heterocycles. The maximum Gasteiger partial charge on any atom is 0.284 e. The Morgan fingerprint density at radius 1 is 1.28 bits per heavy atom. The molecular formula is C25H37F2N7O2. The van der Waals surface area contributed by atoms with Gasteiger partial charge in [0.2, 0.25) is 0 Å². The Morgan fingerprint density at radius 3 is 2.64 bits per heavy atom. The first kappa shape index (κ1) is 26.0. The van der Waals surface area contributed by atoms with Gasteiger partial charge in [0.25, 0.3) is 12.3 Å². The number of hydrogen-bond acceptors (Lipinski definition) is 6. The maximum absolute atomic E-state index is 13.8. The van der Waals surface area contributed by atoms with E-state index in [4.69, 9.17) is 0 Å². The van der Waals surface area contributed by atoms with Crippen LogP contribution < -0.4 is 10.6 Å². The van der Waals surface area contributed by atoms with E-state index in [0.29, 0.717) is 36.3 Å². The molecule has 3 aromatic rings. The Hall–Kier alpha value is -3.08. The van der Waals surface area contributed by atoms with E-state index >= 15 is 0 Å². The lowest BCUT2D eigenvalue weighted by molar-refractivity contribution is 0.0748. The van der Waals surface area contributed by atoms with Gasteiger partial charge in [-0.15, -0.1) is 0 Å². The van der Waals surface area contributed by atoms with Gasteiger partial charge in [0.15, 0.2) is 11.3 Å². The molecule has 0 aromatic carbocycles. The van der Waals surface area contributed by atoms with Crippen molar-refractivity contribution in [1.29, 1.82) is 0 Å². The number of carbonyl (C=O) groups excluding carboxylic acids is 1. The van der Waals surface area contributed by atoms with Gasteiger partial charge in [0.1, 0.15) is 11.4 Å². The number of nitrogens with one attached hydrogen (secondary N) is 2. The first-order chi connectivity index (χ1) is 17.0. The van der Waals surface area contributed by atoms with E-state index in [-0.39, 0.29) is 18.7 Å². The molecule has 3 heterocycles. The third-order valence-electron chi connectivity index (χ3n) is 6.93. The lowest BCUT2D eigenvalue weighted by Gasteiger charge is -2.30. The van der Waals surface area contributed by atoms with Gasteiger partial charge in [-0.3, -0.25) is 9.48 Å². The van der Waals surface area contributed by atoms with Crippen LogP contribution in [-0.4, -0.2) is 47.5 Å². The number of aliphatic hydroxyl groups is 1. The van der Waals surface area contributed by atoms with E-state index in [2.05, 4.69) is 39.7 Å². The first-order valence-electron chi connectivity index (χ1n) is 12.5. The van der Waals surface area contributed by atoms with Crippen LogP contribution >= 0.6 is 0 Å². The van der Waals surface area contributed by atoms with Crippen molar-refractivity contribution in [1.82, 2.24) is 24.4 Å². The second-order valence-corrected chi connectivity index (χ2v) is 10.6. The predicted molar refractivity (Wildman–Crippen MR) is 135 cm³/mol. The summed E-state index contributed by atoms with van der Waals surface area (Å²) in [6, 6.07) is 1.75. The van der Waals surface area contributed by atoms with E-state index in [0.717, 1.165) is 25.7 Å². The fourth-order valence-corrected chi connectivity index (χ4v) is 4.70. The minimum absolute atomic E-state index is 0. The van der Waals surface area contributed by atoms with Gasteiger partial charge in [-0.25, -0.2) is 18.3 Å². The number of halogens is 2. The highest BCUT2D eigenvalue weighted by Crippen LogP contribution is 2.37. The van der Waals surface area contributed by atoms with Crippen molar-refractivity contribution in [3.05, 3.63) is 35.9 Å². The normalized spacial score (nSPS) is 18.8. The number of nitrogens with zero attached hydrogens (tertiary/aromatic N) is 5. The molecule has 4 rings (SSSR count). The minimum Gasteiger partial charge on any atom is -0.390 e. The molecule has 0 radical (unpaired) electrons. The van der Waals surface area contributed by atoms with Gasteiger partial charge in [0, 0.05) is 20.4 Å². The standard InChI is InChI=1S/C25H35F2N7O2.H2/c1-15(2)16-5-7-17(8-6-16)34-14-19(21(32-34)22(26)27)30-24(35)18-13-29-33-12-9-20(31-23(18)33)28-11-10-25(3,4)36;/h9,12-17,22,36H,5-8,10-11H2,1-4H3,(H,28,31)(H,30,35);1H. The average molecular weight is 506 g/mol. The largest absolute Gasteiger partial charge is 0.390 e. The van der Waals surface area contributed by atoms with Crippen LogP contribution in [0.1, 0.15) is 89.7 Å². The van der Waals surface area contributed by atoms with Gasteiger partial charge in [0.05, 0.1) is 23.5 Å². The summed E-state index contributed by atoms with van der Waals surface area (Å²) in [4.78, 5) is 17.5. The molecule has 0 bridgehead atoms. The molecule has 1 fully saturated rings. The van der Waals surface area contributed by atoms with Crippen LogP contribution in [0.2, 0.25) is 0 Å². The smallest absolute Gasteiger partial charge is 0.284 e. The molecule has 0 aliphatic heterocycles. The highest BCUT2D eigenvalue weighted by molar-refractivity contribution is 6.08. The molecule has 198 valence electrons. The Morgan fingerprint density at radius 2 is 2.00 bits per heavy atom. The number of rotatable bonds is 9. The molecule has 1 saturated carbocycles. The molecule has 3 N–H and O–H groups in total. The van der Waals surface area contributed by atoms with Crippen LogP contribution in [0.25, 0.3) is 5.65 Å².